The van der Waals surface area contributed by atoms with E-state index in [1.54, 1.807) is 20.5 Å². The molecule has 0 spiro atoms. The zero-order valence-electron chi connectivity index (χ0n) is 21.2. The molecule has 0 bridgehead atoms. The maximum atomic E-state index is 6.75. The highest BCUT2D eigenvalue weighted by molar-refractivity contribution is 5.85. The number of benzene rings is 3. The summed E-state index contributed by atoms with van der Waals surface area (Å²) in [6.07, 6.45) is 1.13. The summed E-state index contributed by atoms with van der Waals surface area (Å²) in [6.45, 7) is 4.58. The molecule has 0 radical (unpaired) electrons. The van der Waals surface area contributed by atoms with Gasteiger partial charge in [0, 0.05) is 16.7 Å². The average Bonchev–Trinajstić information content (AvgIpc) is 3.40. The first-order valence-corrected chi connectivity index (χ1v) is 12.2. The highest BCUT2D eigenvalue weighted by Crippen LogP contribution is 2.52. The van der Waals surface area contributed by atoms with E-state index in [1.807, 2.05) is 60.1 Å². The van der Waals surface area contributed by atoms with Crippen LogP contribution in [0.5, 0.6) is 23.0 Å². The zero-order valence-corrected chi connectivity index (χ0v) is 21.2. The van der Waals surface area contributed by atoms with Crippen molar-refractivity contribution < 1.29 is 18.9 Å². The van der Waals surface area contributed by atoms with Gasteiger partial charge in [-0.3, -0.25) is 0 Å². The lowest BCUT2D eigenvalue weighted by Gasteiger charge is -2.39. The van der Waals surface area contributed by atoms with Gasteiger partial charge in [0.2, 0.25) is 5.95 Å². The minimum Gasteiger partial charge on any atom is -0.496 e. The van der Waals surface area contributed by atoms with Crippen LogP contribution in [0.2, 0.25) is 0 Å². The van der Waals surface area contributed by atoms with E-state index in [0.29, 0.717) is 24.1 Å². The van der Waals surface area contributed by atoms with Gasteiger partial charge in [-0.2, -0.15) is 10.1 Å². The van der Waals surface area contributed by atoms with Crippen LogP contribution in [-0.2, 0) is 0 Å². The second kappa shape index (κ2) is 9.20. The molecule has 1 N–H and O–H groups in total. The largest absolute Gasteiger partial charge is 0.496 e. The topological polar surface area (TPSA) is 79.7 Å². The molecule has 3 heterocycles. The molecular weight excluding hydrogens is 468 g/mol. The first-order valence-electron chi connectivity index (χ1n) is 12.2. The van der Waals surface area contributed by atoms with Gasteiger partial charge in [0.1, 0.15) is 23.9 Å². The summed E-state index contributed by atoms with van der Waals surface area (Å²) in [6, 6.07) is 19.8. The van der Waals surface area contributed by atoms with Crippen molar-refractivity contribution in [3.63, 3.8) is 0 Å². The lowest BCUT2D eigenvalue weighted by atomic mass is 9.84. The number of nitrogens with one attached hydrogen (secondary N) is 1. The molecule has 8 heteroatoms. The van der Waals surface area contributed by atoms with Crippen molar-refractivity contribution in [3.8, 4) is 23.0 Å². The Hall–Kier alpha value is -4.46. The van der Waals surface area contributed by atoms with Crippen LogP contribution >= 0.6 is 0 Å². The number of hydrogen-bond donors (Lipinski definition) is 1. The molecule has 2 atom stereocenters. The third-order valence-electron chi connectivity index (χ3n) is 6.79. The highest BCUT2D eigenvalue weighted by Gasteiger charge is 2.42. The van der Waals surface area contributed by atoms with Gasteiger partial charge in [-0.15, -0.1) is 0 Å². The van der Waals surface area contributed by atoms with E-state index in [2.05, 4.69) is 34.5 Å². The van der Waals surface area contributed by atoms with E-state index in [-0.39, 0.29) is 6.04 Å². The smallest absolute Gasteiger partial charge is 0.226 e. The first kappa shape index (κ1) is 23.0. The Bertz CT molecular complexity index is 1510. The van der Waals surface area contributed by atoms with Crippen molar-refractivity contribution in [2.24, 2.45) is 0 Å². The zero-order chi connectivity index (χ0) is 25.5. The number of anilines is 1. The van der Waals surface area contributed by atoms with Crippen molar-refractivity contribution >= 4 is 11.6 Å². The molecule has 0 fully saturated rings. The molecule has 0 saturated carbocycles. The predicted octanol–water partition coefficient (Wildman–Crippen LogP) is 5.56. The van der Waals surface area contributed by atoms with Gasteiger partial charge in [0.15, 0.2) is 17.6 Å². The van der Waals surface area contributed by atoms with Gasteiger partial charge in [0.25, 0.3) is 0 Å². The maximum Gasteiger partial charge on any atom is 0.226 e. The van der Waals surface area contributed by atoms with E-state index in [0.717, 1.165) is 45.0 Å². The first-order chi connectivity index (χ1) is 18.1. The minimum absolute atomic E-state index is 0.318. The van der Waals surface area contributed by atoms with Crippen LogP contribution in [-0.4, -0.2) is 35.6 Å². The molecule has 0 aliphatic carbocycles. The van der Waals surface area contributed by atoms with Crippen LogP contribution in [0.3, 0.4) is 0 Å². The van der Waals surface area contributed by atoms with Gasteiger partial charge in [0.05, 0.1) is 26.5 Å². The van der Waals surface area contributed by atoms with Gasteiger partial charge in [-0.05, 0) is 49.7 Å². The summed E-state index contributed by atoms with van der Waals surface area (Å²) >= 11 is 0. The van der Waals surface area contributed by atoms with Gasteiger partial charge >= 0.3 is 0 Å². The Morgan fingerprint density at radius 2 is 1.81 bits per heavy atom. The number of fused-ring (bicyclic) bond motifs is 3. The monoisotopic (exact) mass is 496 g/mol. The van der Waals surface area contributed by atoms with Crippen LogP contribution in [0, 0.1) is 6.92 Å². The molecule has 8 nitrogen and oxygen atoms in total. The lowest BCUT2D eigenvalue weighted by Crippen LogP contribution is -2.32. The molecule has 4 aromatic rings. The van der Waals surface area contributed by atoms with Gasteiger partial charge in [-0.25, -0.2) is 4.68 Å². The summed E-state index contributed by atoms with van der Waals surface area (Å²) in [4.78, 5) is 4.53. The van der Waals surface area contributed by atoms with Gasteiger partial charge < -0.3 is 24.3 Å². The minimum atomic E-state index is -0.436. The number of methoxy groups -OCH3 is 2. The Balaban J connectivity index is 1.62. The molecule has 6 rings (SSSR count). The number of rotatable bonds is 6. The van der Waals surface area contributed by atoms with Gasteiger partial charge in [-0.1, -0.05) is 35.9 Å². The standard InChI is InChI=1S/C29H28N4O4/c1-5-36-23-13-11-18(15-24(23)35-4)27-25-26(32-29-30-16-31-33(27)29)20-14-17(2)10-12-22(20)37-28(25)19-8-6-7-9-21(19)34-3/h6-16,27-28H,5H2,1-4H3,(H,30,31,32)/t27-,28-/m1/s1. The van der Waals surface area contributed by atoms with Crippen molar-refractivity contribution in [1.82, 2.24) is 14.8 Å². The number of aryl methyl sites for hydroxylation is 1. The van der Waals surface area contributed by atoms with Crippen LogP contribution in [0.1, 0.15) is 41.3 Å². The number of ether oxygens (including phenoxy) is 4. The van der Waals surface area contributed by atoms with Crippen molar-refractivity contribution in [2.45, 2.75) is 26.0 Å². The van der Waals surface area contributed by atoms with Crippen LogP contribution < -0.4 is 24.3 Å². The number of para-hydroxylation sites is 1. The molecule has 0 saturated heterocycles. The van der Waals surface area contributed by atoms with Crippen molar-refractivity contribution in [1.29, 1.82) is 0 Å². The number of hydrogen-bond acceptors (Lipinski definition) is 7. The number of nitrogens with zero attached hydrogens (tertiary/aromatic N) is 3. The average molecular weight is 497 g/mol. The number of aromatic nitrogens is 3. The fourth-order valence-electron chi connectivity index (χ4n) is 5.17. The van der Waals surface area contributed by atoms with Crippen LogP contribution in [0.25, 0.3) is 5.70 Å². The molecule has 2 aliphatic heterocycles. The molecule has 1 aromatic heterocycles. The van der Waals surface area contributed by atoms with E-state index >= 15 is 0 Å². The third kappa shape index (κ3) is 3.76. The van der Waals surface area contributed by atoms with Crippen molar-refractivity contribution in [3.05, 3.63) is 94.8 Å². The fraction of sp³-hybridized carbons (Fsp3) is 0.241. The molecule has 0 unspecified atom stereocenters. The second-order valence-electron chi connectivity index (χ2n) is 8.97. The Labute approximate surface area is 215 Å². The summed E-state index contributed by atoms with van der Waals surface area (Å²) in [5.74, 6) is 3.55. The van der Waals surface area contributed by atoms with E-state index < -0.39 is 6.10 Å². The van der Waals surface area contributed by atoms with E-state index in [4.69, 9.17) is 18.9 Å². The molecule has 3 aromatic carbocycles. The van der Waals surface area contributed by atoms with Crippen LogP contribution in [0.15, 0.2) is 72.6 Å². The summed E-state index contributed by atoms with van der Waals surface area (Å²) < 4.78 is 25.9. The molecular formula is C29H28N4O4. The predicted molar refractivity (Wildman–Crippen MR) is 140 cm³/mol. The van der Waals surface area contributed by atoms with Crippen molar-refractivity contribution in [2.75, 3.05) is 26.1 Å². The normalized spacial score (nSPS) is 17.6. The molecule has 0 amide bonds. The molecule has 2 aliphatic rings. The summed E-state index contributed by atoms with van der Waals surface area (Å²) in [5, 5.41) is 8.17. The molecule has 37 heavy (non-hydrogen) atoms. The Morgan fingerprint density at radius 3 is 2.62 bits per heavy atom. The summed E-state index contributed by atoms with van der Waals surface area (Å²) in [7, 11) is 3.33. The summed E-state index contributed by atoms with van der Waals surface area (Å²) in [5.41, 5.74) is 5.99. The van der Waals surface area contributed by atoms with Crippen LogP contribution in [0.4, 0.5) is 5.95 Å². The Kier molecular flexibility index (Phi) is 5.71. The second-order valence-corrected chi connectivity index (χ2v) is 8.97. The fourth-order valence-corrected chi connectivity index (χ4v) is 5.17. The van der Waals surface area contributed by atoms with E-state index in [1.165, 1.54) is 0 Å². The quantitative estimate of drug-likeness (QED) is 0.374. The molecule has 188 valence electrons. The Morgan fingerprint density at radius 1 is 0.973 bits per heavy atom. The maximum absolute atomic E-state index is 6.75. The SMILES string of the molecule is CCOc1ccc([C@@H]2C3=C(Nc4ncnn42)c2cc(C)ccc2O[C@@H]3c2ccccc2OC)cc1OC. The highest BCUT2D eigenvalue weighted by atomic mass is 16.5. The third-order valence-corrected chi connectivity index (χ3v) is 6.79. The lowest BCUT2D eigenvalue weighted by molar-refractivity contribution is 0.217. The van der Waals surface area contributed by atoms with E-state index in [9.17, 15) is 0 Å².